The third-order valence-corrected chi connectivity index (χ3v) is 7.09. The Labute approximate surface area is 237 Å². The summed E-state index contributed by atoms with van der Waals surface area (Å²) < 4.78 is 5.13. The van der Waals surface area contributed by atoms with Crippen LogP contribution in [0.25, 0.3) is 22.3 Å². The lowest BCUT2D eigenvalue weighted by atomic mass is 9.86. The predicted octanol–water partition coefficient (Wildman–Crippen LogP) is 6.62. The average molecular weight is 542 g/mol. The number of rotatable bonds is 7. The summed E-state index contributed by atoms with van der Waals surface area (Å²) in [7, 11) is 0. The Bertz CT molecular complexity index is 1670. The van der Waals surface area contributed by atoms with Crippen molar-refractivity contribution in [3.63, 3.8) is 0 Å². The first-order valence-electron chi connectivity index (χ1n) is 13.1. The third-order valence-electron chi connectivity index (χ3n) is 7.09. The number of carbonyl (C=O) groups is 2. The third kappa shape index (κ3) is 5.02. The highest BCUT2D eigenvalue weighted by atomic mass is 16.7. The predicted molar refractivity (Wildman–Crippen MR) is 160 cm³/mol. The summed E-state index contributed by atoms with van der Waals surface area (Å²) in [5.41, 5.74) is 16.9. The number of anilines is 4. The monoisotopic (exact) mass is 541 g/mol. The summed E-state index contributed by atoms with van der Waals surface area (Å²) in [6.07, 6.45) is -0.287. The van der Waals surface area contributed by atoms with Crippen LogP contribution in [0.2, 0.25) is 0 Å². The smallest absolute Gasteiger partial charge is 0.354 e. The van der Waals surface area contributed by atoms with Gasteiger partial charge in [0.2, 0.25) is 5.60 Å². The molecule has 0 saturated carbocycles. The van der Waals surface area contributed by atoms with Crippen LogP contribution in [-0.4, -0.2) is 11.9 Å². The molecule has 0 aliphatic carbocycles. The summed E-state index contributed by atoms with van der Waals surface area (Å²) in [5.74, 6) is -1.43. The second kappa shape index (κ2) is 10.6. The van der Waals surface area contributed by atoms with E-state index < -0.39 is 17.5 Å². The van der Waals surface area contributed by atoms with E-state index >= 15 is 0 Å². The van der Waals surface area contributed by atoms with Crippen LogP contribution < -0.4 is 16.5 Å². The number of benzene rings is 5. The Morgan fingerprint density at radius 1 is 0.634 bits per heavy atom. The van der Waals surface area contributed by atoms with Gasteiger partial charge < -0.3 is 16.2 Å². The minimum atomic E-state index is -1.73. The molecule has 1 saturated heterocycles. The van der Waals surface area contributed by atoms with Crippen molar-refractivity contribution in [3.05, 3.63) is 133 Å². The van der Waals surface area contributed by atoms with Crippen molar-refractivity contribution in [2.45, 2.75) is 12.0 Å². The van der Waals surface area contributed by atoms with Crippen LogP contribution in [-0.2, 0) is 24.8 Å². The number of esters is 2. The summed E-state index contributed by atoms with van der Waals surface area (Å²) in [6, 6.07) is 39.4. The molecule has 7 heteroatoms. The second-order valence-corrected chi connectivity index (χ2v) is 9.83. The molecule has 1 aliphatic heterocycles. The zero-order valence-electron chi connectivity index (χ0n) is 22.1. The van der Waals surface area contributed by atoms with Gasteiger partial charge in [0.1, 0.15) is 0 Å². The van der Waals surface area contributed by atoms with E-state index in [0.29, 0.717) is 28.3 Å². The maximum Gasteiger partial charge on any atom is 0.354 e. The van der Waals surface area contributed by atoms with Gasteiger partial charge in [0.05, 0.1) is 17.8 Å². The number of cyclic esters (lactones) is 2. The van der Waals surface area contributed by atoms with E-state index in [-0.39, 0.29) is 6.42 Å². The average Bonchev–Trinajstić information content (AvgIpc) is 3.30. The lowest BCUT2D eigenvalue weighted by molar-refractivity contribution is -0.163. The molecule has 1 heterocycles. The van der Waals surface area contributed by atoms with Gasteiger partial charge in [0.25, 0.3) is 0 Å². The summed E-state index contributed by atoms with van der Waals surface area (Å²) in [6.45, 7) is 0. The molecule has 0 aromatic heterocycles. The number of hydrogen-bond donors (Lipinski definition) is 2. The van der Waals surface area contributed by atoms with Crippen LogP contribution in [0.1, 0.15) is 12.0 Å². The molecule has 0 bridgehead atoms. The number of carbonyl (C=O) groups excluding carboxylic acids is 2. The Kier molecular flexibility index (Phi) is 6.71. The highest BCUT2D eigenvalue weighted by Gasteiger charge is 2.54. The van der Waals surface area contributed by atoms with Crippen LogP contribution in [0.4, 0.5) is 22.7 Å². The first-order valence-corrected chi connectivity index (χ1v) is 13.1. The molecule has 0 amide bonds. The molecule has 41 heavy (non-hydrogen) atoms. The van der Waals surface area contributed by atoms with Crippen molar-refractivity contribution >= 4 is 34.7 Å². The van der Waals surface area contributed by atoms with Gasteiger partial charge in [0, 0.05) is 11.4 Å². The fraction of sp³-hybridized carbons (Fsp3) is 0.0588. The minimum Gasteiger partial charge on any atom is -0.399 e. The van der Waals surface area contributed by atoms with Crippen LogP contribution in [0, 0.1) is 0 Å². The summed E-state index contributed by atoms with van der Waals surface area (Å²) in [4.78, 5) is 32.8. The van der Waals surface area contributed by atoms with Crippen molar-refractivity contribution in [1.29, 1.82) is 0 Å². The Morgan fingerprint density at radius 2 is 1.15 bits per heavy atom. The summed E-state index contributed by atoms with van der Waals surface area (Å²) in [5, 5.41) is 1.57. The quantitative estimate of drug-likeness (QED) is 0.103. The van der Waals surface area contributed by atoms with E-state index in [1.165, 1.54) is 0 Å². The van der Waals surface area contributed by atoms with Crippen molar-refractivity contribution in [1.82, 2.24) is 0 Å². The molecule has 5 aromatic carbocycles. The number of hydrogen-bond acceptors (Lipinski definition) is 7. The lowest BCUT2D eigenvalue weighted by Crippen LogP contribution is -2.40. The number of nitrogen functional groups attached to an aromatic ring is 2. The molecule has 1 unspecified atom stereocenters. The Balaban J connectivity index is 1.53. The van der Waals surface area contributed by atoms with E-state index in [1.807, 2.05) is 121 Å². The number of nitrogens with two attached hydrogens (primary N) is 2. The molecule has 202 valence electrons. The number of ether oxygens (including phenoxy) is 1. The zero-order chi connectivity index (χ0) is 28.4. The molecule has 7 nitrogen and oxygen atoms in total. The first kappa shape index (κ1) is 25.9. The van der Waals surface area contributed by atoms with Gasteiger partial charge in [-0.05, 0) is 82.4 Å². The summed E-state index contributed by atoms with van der Waals surface area (Å²) >= 11 is 0. The highest BCUT2D eigenvalue weighted by molar-refractivity contribution is 6.01. The SMILES string of the molecule is Nc1ccc(-c2ccc(C3(ON(c4ccccc4)c4ccccc4)CC(=O)OC3=O)cc2-c2ccc(N)cc2)cc1. The van der Waals surface area contributed by atoms with Crippen molar-refractivity contribution in [2.24, 2.45) is 0 Å². The fourth-order valence-corrected chi connectivity index (χ4v) is 4.99. The van der Waals surface area contributed by atoms with Gasteiger partial charge in [-0.25, -0.2) is 14.7 Å². The van der Waals surface area contributed by atoms with Crippen molar-refractivity contribution in [2.75, 3.05) is 16.5 Å². The standard InChI is InChI=1S/C34H27N3O4/c35-26-16-11-23(12-17-26)30-20-15-25(21-31(30)24-13-18-27(36)19-14-24)34(22-32(38)40-33(34)39)41-37(28-7-3-1-4-8-28)29-9-5-2-6-10-29/h1-21H,22,35-36H2. The van der Waals surface area contributed by atoms with Crippen LogP contribution in [0.15, 0.2) is 127 Å². The Morgan fingerprint density at radius 3 is 1.63 bits per heavy atom. The largest absolute Gasteiger partial charge is 0.399 e. The number of nitrogens with zero attached hydrogens (tertiary/aromatic N) is 1. The van der Waals surface area contributed by atoms with Crippen molar-refractivity contribution in [3.8, 4) is 22.3 Å². The Hall–Kier alpha value is -5.40. The van der Waals surface area contributed by atoms with E-state index in [0.717, 1.165) is 22.3 Å². The van der Waals surface area contributed by atoms with E-state index in [4.69, 9.17) is 21.0 Å². The molecule has 4 N–H and O–H groups in total. The molecule has 6 rings (SSSR count). The topological polar surface area (TPSA) is 108 Å². The molecule has 1 aliphatic rings. The number of para-hydroxylation sites is 2. The van der Waals surface area contributed by atoms with E-state index in [2.05, 4.69) is 0 Å². The zero-order valence-corrected chi connectivity index (χ0v) is 22.1. The minimum absolute atomic E-state index is 0.287. The maximum absolute atomic E-state index is 13.6. The van der Waals surface area contributed by atoms with Gasteiger partial charge in [-0.1, -0.05) is 72.8 Å². The highest BCUT2D eigenvalue weighted by Crippen LogP contribution is 2.44. The molecule has 1 fully saturated rings. The van der Waals surface area contributed by atoms with Gasteiger partial charge in [0.15, 0.2) is 0 Å². The van der Waals surface area contributed by atoms with Crippen LogP contribution >= 0.6 is 0 Å². The molecule has 0 spiro atoms. The van der Waals surface area contributed by atoms with Crippen LogP contribution in [0.3, 0.4) is 0 Å². The van der Waals surface area contributed by atoms with Gasteiger partial charge in [-0.3, -0.25) is 4.79 Å². The molecule has 1 atom stereocenters. The normalized spacial score (nSPS) is 16.4. The van der Waals surface area contributed by atoms with E-state index in [1.54, 1.807) is 11.1 Å². The first-order chi connectivity index (χ1) is 19.9. The molecular weight excluding hydrogens is 514 g/mol. The van der Waals surface area contributed by atoms with Crippen LogP contribution in [0.5, 0.6) is 0 Å². The second-order valence-electron chi connectivity index (χ2n) is 9.83. The van der Waals surface area contributed by atoms with Gasteiger partial charge in [-0.15, -0.1) is 0 Å². The van der Waals surface area contributed by atoms with Gasteiger partial charge in [-0.2, -0.15) is 0 Å². The molecular formula is C34H27N3O4. The fourth-order valence-electron chi connectivity index (χ4n) is 4.99. The maximum atomic E-state index is 13.6. The molecule has 0 radical (unpaired) electrons. The van der Waals surface area contributed by atoms with Crippen molar-refractivity contribution < 1.29 is 19.2 Å². The molecule has 5 aromatic rings. The van der Waals surface area contributed by atoms with Gasteiger partial charge >= 0.3 is 11.9 Å². The lowest BCUT2D eigenvalue weighted by Gasteiger charge is -2.33. The van der Waals surface area contributed by atoms with E-state index in [9.17, 15) is 9.59 Å².